The van der Waals surface area contributed by atoms with Gasteiger partial charge in [-0.1, -0.05) is 12.1 Å². The molecule has 3 unspecified atom stereocenters. The lowest BCUT2D eigenvalue weighted by Crippen LogP contribution is -2.54. The summed E-state index contributed by atoms with van der Waals surface area (Å²) in [7, 11) is 0. The summed E-state index contributed by atoms with van der Waals surface area (Å²) < 4.78 is 0. The molecule has 4 nitrogen and oxygen atoms in total. The van der Waals surface area contributed by atoms with Crippen LogP contribution in [0.2, 0.25) is 0 Å². The van der Waals surface area contributed by atoms with E-state index >= 15 is 0 Å². The molecule has 0 aliphatic heterocycles. The maximum Gasteiger partial charge on any atom is 0.157 e. The molecule has 1 aromatic rings. The van der Waals surface area contributed by atoms with Crippen LogP contribution in [0.4, 0.5) is 0 Å². The van der Waals surface area contributed by atoms with Crippen molar-refractivity contribution in [1.82, 2.24) is 0 Å². The molecule has 4 fully saturated rings. The predicted octanol–water partition coefficient (Wildman–Crippen LogP) is 4.07. The van der Waals surface area contributed by atoms with Crippen LogP contribution >= 0.6 is 0 Å². The van der Waals surface area contributed by atoms with Crippen LogP contribution in [0, 0.1) is 17.3 Å². The van der Waals surface area contributed by atoms with Crippen LogP contribution < -0.4 is 0 Å². The summed E-state index contributed by atoms with van der Waals surface area (Å²) in [6.45, 7) is 0. The lowest BCUT2D eigenvalue weighted by atomic mass is 9.41. The molecule has 1 aromatic carbocycles. The highest BCUT2D eigenvalue weighted by molar-refractivity contribution is 5.46. The van der Waals surface area contributed by atoms with Crippen molar-refractivity contribution >= 4 is 0 Å². The Hall–Kier alpha value is -1.94. The normalized spacial score (nSPS) is 41.0. The summed E-state index contributed by atoms with van der Waals surface area (Å²) in [5.74, 6) is 1.32. The van der Waals surface area contributed by atoms with E-state index in [-0.39, 0.29) is 28.1 Å². The third-order valence-corrected chi connectivity index (χ3v) is 7.47. The van der Waals surface area contributed by atoms with Crippen LogP contribution in [0.15, 0.2) is 41.7 Å². The topological polar surface area (TPSA) is 80.9 Å². The largest absolute Gasteiger partial charge is 0.510 e. The van der Waals surface area contributed by atoms with Gasteiger partial charge in [-0.05, 0) is 97.0 Å². The predicted molar refractivity (Wildman–Crippen MR) is 98.0 cm³/mol. The highest BCUT2D eigenvalue weighted by atomic mass is 16.3. The van der Waals surface area contributed by atoms with Crippen molar-refractivity contribution in [1.29, 1.82) is 0 Å². The third-order valence-electron chi connectivity index (χ3n) is 7.47. The Bertz CT molecular complexity index is 807. The molecule has 3 atom stereocenters. The van der Waals surface area contributed by atoms with Crippen LogP contribution in [0.1, 0.15) is 50.5 Å². The number of allylic oxidation sites excluding steroid dienone is 2. The molecule has 0 saturated heterocycles. The minimum absolute atomic E-state index is 0.0372. The lowest BCUT2D eigenvalue weighted by Gasteiger charge is -2.63. The first-order valence-corrected chi connectivity index (χ1v) is 9.71. The fraction of sp³-hybridized carbons (Fsp3) is 0.545. The molecule has 0 radical (unpaired) electrons. The van der Waals surface area contributed by atoms with Gasteiger partial charge in [0.25, 0.3) is 0 Å². The minimum atomic E-state index is -0.768. The van der Waals surface area contributed by atoms with Gasteiger partial charge in [-0.25, -0.2) is 0 Å². The van der Waals surface area contributed by atoms with E-state index in [0.29, 0.717) is 18.3 Å². The van der Waals surface area contributed by atoms with Crippen molar-refractivity contribution < 1.29 is 20.4 Å². The zero-order chi connectivity index (χ0) is 18.1. The van der Waals surface area contributed by atoms with Gasteiger partial charge in [0, 0.05) is 0 Å². The molecule has 138 valence electrons. The summed E-state index contributed by atoms with van der Waals surface area (Å²) in [6.07, 6.45) is 10.5. The van der Waals surface area contributed by atoms with E-state index < -0.39 is 6.10 Å². The van der Waals surface area contributed by atoms with Crippen LogP contribution in [0.3, 0.4) is 0 Å². The number of phenolic OH excluding ortho intramolecular Hbond substituents is 2. The summed E-state index contributed by atoms with van der Waals surface area (Å²) in [5.41, 5.74) is 2.43. The number of aliphatic hydroxyl groups excluding tert-OH is 2. The number of rotatable bonds is 2. The summed E-state index contributed by atoms with van der Waals surface area (Å²) in [4.78, 5) is 0. The average molecular weight is 354 g/mol. The molecule has 5 aliphatic carbocycles. The first-order valence-electron chi connectivity index (χ1n) is 9.71. The molecule has 4 heteroatoms. The number of benzene rings is 1. The van der Waals surface area contributed by atoms with Crippen molar-refractivity contribution in [2.24, 2.45) is 17.3 Å². The van der Waals surface area contributed by atoms with Gasteiger partial charge in [0.05, 0.1) is 0 Å². The molecule has 0 amide bonds. The highest BCUT2D eigenvalue weighted by Crippen LogP contribution is 2.68. The van der Waals surface area contributed by atoms with Gasteiger partial charge in [-0.15, -0.1) is 0 Å². The third kappa shape index (κ3) is 2.24. The van der Waals surface area contributed by atoms with E-state index in [1.807, 2.05) is 12.1 Å². The Labute approximate surface area is 153 Å². The Kier molecular flexibility index (Phi) is 3.31. The van der Waals surface area contributed by atoms with Crippen LogP contribution in [-0.4, -0.2) is 26.5 Å². The number of aliphatic hydroxyl groups is 2. The first kappa shape index (κ1) is 16.2. The number of hydrogen-bond donors (Lipinski definition) is 4. The maximum atomic E-state index is 10.1. The SMILES string of the molecule is OC1=CC(C23CC4CC(C2)CC(c2ccc(O)c(O)c2)(C4)C3)=CCC1O. The smallest absolute Gasteiger partial charge is 0.157 e. The van der Waals surface area contributed by atoms with Crippen molar-refractivity contribution in [2.45, 2.75) is 56.5 Å². The molecule has 6 rings (SSSR count). The molecule has 5 aliphatic rings. The second kappa shape index (κ2) is 5.29. The van der Waals surface area contributed by atoms with Gasteiger partial charge < -0.3 is 20.4 Å². The van der Waals surface area contributed by atoms with E-state index in [1.54, 1.807) is 12.1 Å². The molecule has 26 heavy (non-hydrogen) atoms. The van der Waals surface area contributed by atoms with Crippen molar-refractivity contribution in [3.63, 3.8) is 0 Å². The number of aromatic hydroxyl groups is 2. The van der Waals surface area contributed by atoms with Crippen LogP contribution in [-0.2, 0) is 5.41 Å². The van der Waals surface area contributed by atoms with Gasteiger partial charge in [0.1, 0.15) is 11.9 Å². The molecule has 4 N–H and O–H groups in total. The Morgan fingerprint density at radius 1 is 0.885 bits per heavy atom. The Balaban J connectivity index is 1.57. The van der Waals surface area contributed by atoms with E-state index in [1.165, 1.54) is 12.0 Å². The fourth-order valence-corrected chi connectivity index (χ4v) is 6.83. The zero-order valence-corrected chi connectivity index (χ0v) is 14.9. The second-order valence-electron chi connectivity index (χ2n) is 9.21. The van der Waals surface area contributed by atoms with Crippen LogP contribution in [0.5, 0.6) is 11.5 Å². The molecule has 0 aromatic heterocycles. The Morgan fingerprint density at radius 3 is 2.23 bits per heavy atom. The zero-order valence-electron chi connectivity index (χ0n) is 14.9. The summed E-state index contributed by atoms with van der Waals surface area (Å²) in [6, 6.07) is 5.34. The monoisotopic (exact) mass is 354 g/mol. The second-order valence-corrected chi connectivity index (χ2v) is 9.21. The van der Waals surface area contributed by atoms with E-state index in [4.69, 9.17) is 0 Å². The van der Waals surface area contributed by atoms with Crippen molar-refractivity contribution in [3.8, 4) is 11.5 Å². The minimum Gasteiger partial charge on any atom is -0.510 e. The quantitative estimate of drug-likeness (QED) is 0.604. The van der Waals surface area contributed by atoms with Gasteiger partial charge >= 0.3 is 0 Å². The lowest BCUT2D eigenvalue weighted by molar-refractivity contribution is -0.0507. The number of phenols is 2. The van der Waals surface area contributed by atoms with E-state index in [2.05, 4.69) is 6.08 Å². The van der Waals surface area contributed by atoms with Gasteiger partial charge in [-0.3, -0.25) is 0 Å². The summed E-state index contributed by atoms with van der Waals surface area (Å²) >= 11 is 0. The first-order chi connectivity index (χ1) is 12.4. The average Bonchev–Trinajstić information content (AvgIpc) is 2.58. The fourth-order valence-electron chi connectivity index (χ4n) is 6.83. The van der Waals surface area contributed by atoms with E-state index in [9.17, 15) is 20.4 Å². The molecule has 4 saturated carbocycles. The molecular formula is C22H26O4. The molecule has 4 bridgehead atoms. The van der Waals surface area contributed by atoms with Gasteiger partial charge in [0.2, 0.25) is 0 Å². The summed E-state index contributed by atoms with van der Waals surface area (Å²) in [5, 5.41) is 39.7. The standard InChI is InChI=1S/C22H26O4/c23-17-3-1-15(6-19(17)25)21-8-13-5-14(9-21)11-22(10-13,12-21)16-2-4-18(24)20(26)7-16/h1-3,6-7,13-14,18,23-26H,4-5,8-12H2. The maximum absolute atomic E-state index is 10.1. The Morgan fingerprint density at radius 2 is 1.58 bits per heavy atom. The highest BCUT2D eigenvalue weighted by Gasteiger charge is 2.59. The van der Waals surface area contributed by atoms with Gasteiger partial charge in [0.15, 0.2) is 11.5 Å². The molecule has 0 heterocycles. The molecule has 0 spiro atoms. The van der Waals surface area contributed by atoms with E-state index in [0.717, 1.165) is 37.7 Å². The number of hydrogen-bond acceptors (Lipinski definition) is 4. The van der Waals surface area contributed by atoms with Crippen LogP contribution in [0.25, 0.3) is 0 Å². The van der Waals surface area contributed by atoms with Crippen molar-refractivity contribution in [3.05, 3.63) is 47.2 Å². The van der Waals surface area contributed by atoms with Crippen molar-refractivity contribution in [2.75, 3.05) is 0 Å². The molecular weight excluding hydrogens is 328 g/mol. The van der Waals surface area contributed by atoms with Gasteiger partial charge in [-0.2, -0.15) is 0 Å².